The molecule has 0 aliphatic heterocycles. The Morgan fingerprint density at radius 2 is 1.95 bits per heavy atom. The Morgan fingerprint density at radius 3 is 2.57 bits per heavy atom. The Bertz CT molecular complexity index is 760. The van der Waals surface area contributed by atoms with E-state index in [4.69, 9.17) is 0 Å². The maximum absolute atomic E-state index is 12.8. The highest BCUT2D eigenvalue weighted by Crippen LogP contribution is 2.32. The summed E-state index contributed by atoms with van der Waals surface area (Å²) >= 11 is 1.52. The molecule has 0 amide bonds. The minimum Gasteiger partial charge on any atom is -0.263 e. The Kier molecular flexibility index (Phi) is 3.29. The van der Waals surface area contributed by atoms with Crippen molar-refractivity contribution in [2.24, 2.45) is 7.05 Å². The van der Waals surface area contributed by atoms with Gasteiger partial charge in [0.15, 0.2) is 0 Å². The summed E-state index contributed by atoms with van der Waals surface area (Å²) in [6.45, 7) is 0. The molecule has 0 N–H and O–H groups in total. The first-order valence-electron chi connectivity index (χ1n) is 6.07. The van der Waals surface area contributed by atoms with Gasteiger partial charge in [-0.1, -0.05) is 6.07 Å². The molecule has 0 saturated heterocycles. The average molecular weight is 309 g/mol. The number of nitrogens with zero attached hydrogens (tertiary/aromatic N) is 3. The molecule has 0 saturated carbocycles. The van der Waals surface area contributed by atoms with Crippen LogP contribution in [0.2, 0.25) is 0 Å². The van der Waals surface area contributed by atoms with Gasteiger partial charge in [0, 0.05) is 18.8 Å². The van der Waals surface area contributed by atoms with Gasteiger partial charge in [0.1, 0.15) is 5.69 Å². The summed E-state index contributed by atoms with van der Waals surface area (Å²) in [6, 6.07) is 8.26. The van der Waals surface area contributed by atoms with Crippen molar-refractivity contribution in [3.05, 3.63) is 47.6 Å². The van der Waals surface area contributed by atoms with Gasteiger partial charge in [-0.25, -0.2) is 0 Å². The monoisotopic (exact) mass is 309 g/mol. The number of hydrogen-bond donors (Lipinski definition) is 0. The smallest absolute Gasteiger partial charge is 0.263 e. The molecule has 0 atom stereocenters. The van der Waals surface area contributed by atoms with Crippen molar-refractivity contribution in [2.45, 2.75) is 6.18 Å². The van der Waals surface area contributed by atoms with Crippen LogP contribution in [-0.4, -0.2) is 14.8 Å². The van der Waals surface area contributed by atoms with Crippen LogP contribution in [0.4, 0.5) is 13.2 Å². The summed E-state index contributed by atoms with van der Waals surface area (Å²) in [7, 11) is 1.29. The molecule has 7 heteroatoms. The van der Waals surface area contributed by atoms with E-state index in [0.29, 0.717) is 5.56 Å². The zero-order valence-electron chi connectivity index (χ0n) is 10.9. The van der Waals surface area contributed by atoms with Gasteiger partial charge in [0.05, 0.1) is 16.3 Å². The quantitative estimate of drug-likeness (QED) is 0.709. The Morgan fingerprint density at radius 1 is 1.14 bits per heavy atom. The van der Waals surface area contributed by atoms with Crippen LogP contribution in [0.25, 0.3) is 21.8 Å². The average Bonchev–Trinajstić information content (AvgIpc) is 3.07. The minimum atomic E-state index is -4.41. The molecular formula is C14H10F3N3S. The summed E-state index contributed by atoms with van der Waals surface area (Å²) in [4.78, 5) is 5.20. The van der Waals surface area contributed by atoms with E-state index < -0.39 is 11.9 Å². The van der Waals surface area contributed by atoms with E-state index >= 15 is 0 Å². The minimum absolute atomic E-state index is 0.282. The van der Waals surface area contributed by atoms with E-state index in [0.717, 1.165) is 21.3 Å². The fraction of sp³-hybridized carbons (Fsp3) is 0.143. The number of thiophene rings is 1. The number of rotatable bonds is 2. The molecule has 0 aliphatic carbocycles. The lowest BCUT2D eigenvalue weighted by Crippen LogP contribution is -2.11. The Hall–Kier alpha value is -2.15. The molecular weight excluding hydrogens is 299 g/mol. The lowest BCUT2D eigenvalue weighted by molar-refractivity contribution is -0.143. The van der Waals surface area contributed by atoms with Gasteiger partial charge < -0.3 is 0 Å². The molecule has 0 unspecified atom stereocenters. The molecule has 21 heavy (non-hydrogen) atoms. The first-order chi connectivity index (χ1) is 9.95. The van der Waals surface area contributed by atoms with E-state index in [1.165, 1.54) is 18.4 Å². The number of alkyl halides is 3. The lowest BCUT2D eigenvalue weighted by atomic mass is 10.1. The van der Waals surface area contributed by atoms with Crippen LogP contribution in [-0.2, 0) is 13.2 Å². The van der Waals surface area contributed by atoms with Crippen LogP contribution >= 0.6 is 11.3 Å². The fourth-order valence-corrected chi connectivity index (χ4v) is 2.72. The molecule has 0 aliphatic rings. The van der Waals surface area contributed by atoms with Crippen LogP contribution in [0, 0.1) is 0 Å². The summed E-state index contributed by atoms with van der Waals surface area (Å²) in [5, 5.41) is 5.86. The van der Waals surface area contributed by atoms with Crippen LogP contribution in [0.1, 0.15) is 5.69 Å². The van der Waals surface area contributed by atoms with Crippen molar-refractivity contribution in [3.8, 4) is 21.8 Å². The topological polar surface area (TPSA) is 30.7 Å². The second kappa shape index (κ2) is 5.00. The van der Waals surface area contributed by atoms with Gasteiger partial charge in [-0.15, -0.1) is 11.3 Å². The lowest BCUT2D eigenvalue weighted by Gasteiger charge is -2.04. The zero-order chi connectivity index (χ0) is 15.0. The molecule has 3 rings (SSSR count). The summed E-state index contributed by atoms with van der Waals surface area (Å²) in [5.74, 6) is 0. The van der Waals surface area contributed by atoms with Gasteiger partial charge in [0.2, 0.25) is 0 Å². The third-order valence-corrected chi connectivity index (χ3v) is 3.89. The van der Waals surface area contributed by atoms with Gasteiger partial charge >= 0.3 is 6.18 Å². The molecule has 3 nitrogen and oxygen atoms in total. The van der Waals surface area contributed by atoms with Crippen LogP contribution in [0.15, 0.2) is 41.9 Å². The van der Waals surface area contributed by atoms with E-state index in [1.807, 2.05) is 17.5 Å². The van der Waals surface area contributed by atoms with E-state index in [-0.39, 0.29) is 5.69 Å². The molecule has 0 aromatic carbocycles. The van der Waals surface area contributed by atoms with Crippen molar-refractivity contribution >= 4 is 11.3 Å². The van der Waals surface area contributed by atoms with Crippen molar-refractivity contribution in [1.29, 1.82) is 0 Å². The summed E-state index contributed by atoms with van der Waals surface area (Å²) < 4.78 is 39.3. The van der Waals surface area contributed by atoms with Gasteiger partial charge in [0.25, 0.3) is 0 Å². The van der Waals surface area contributed by atoms with E-state index in [2.05, 4.69) is 10.1 Å². The second-order valence-corrected chi connectivity index (χ2v) is 5.39. The number of pyridine rings is 1. The summed E-state index contributed by atoms with van der Waals surface area (Å²) in [6.07, 6.45) is -2.84. The highest BCUT2D eigenvalue weighted by molar-refractivity contribution is 7.13. The van der Waals surface area contributed by atoms with Gasteiger partial charge in [-0.3, -0.25) is 9.67 Å². The van der Waals surface area contributed by atoms with E-state index in [9.17, 15) is 13.2 Å². The molecule has 3 aromatic rings. The Labute approximate surface area is 122 Å². The summed E-state index contributed by atoms with van der Waals surface area (Å²) in [5.41, 5.74) is 0.846. The van der Waals surface area contributed by atoms with Crippen molar-refractivity contribution in [1.82, 2.24) is 14.8 Å². The van der Waals surface area contributed by atoms with Crippen molar-refractivity contribution < 1.29 is 13.2 Å². The fourth-order valence-electron chi connectivity index (χ4n) is 2.02. The second-order valence-electron chi connectivity index (χ2n) is 4.44. The van der Waals surface area contributed by atoms with Crippen molar-refractivity contribution in [2.75, 3.05) is 0 Å². The van der Waals surface area contributed by atoms with Crippen LogP contribution in [0.3, 0.4) is 0 Å². The third kappa shape index (κ3) is 2.69. The Balaban J connectivity index is 2.04. The number of halogens is 3. The van der Waals surface area contributed by atoms with Crippen LogP contribution in [0.5, 0.6) is 0 Å². The molecule has 3 aromatic heterocycles. The van der Waals surface area contributed by atoms with Gasteiger partial charge in [-0.2, -0.15) is 18.3 Å². The predicted octanol–water partition coefficient (Wildman–Crippen LogP) is 4.23. The number of aryl methyl sites for hydroxylation is 1. The molecule has 108 valence electrons. The standard InChI is InChI=1S/C14H10F3N3S/c1-20-13(14(15,16)17)8-10(19-20)9-4-5-18-11(7-9)12-3-2-6-21-12/h2-8H,1H3. The number of aromatic nitrogens is 3. The van der Waals surface area contributed by atoms with Crippen LogP contribution < -0.4 is 0 Å². The first kappa shape index (κ1) is 13.8. The highest BCUT2D eigenvalue weighted by Gasteiger charge is 2.35. The first-order valence-corrected chi connectivity index (χ1v) is 6.94. The SMILES string of the molecule is Cn1nc(-c2ccnc(-c3cccs3)c2)cc1C(F)(F)F. The molecule has 0 fully saturated rings. The zero-order valence-corrected chi connectivity index (χ0v) is 11.7. The van der Waals surface area contributed by atoms with E-state index in [1.54, 1.807) is 18.3 Å². The molecule has 0 bridgehead atoms. The third-order valence-electron chi connectivity index (χ3n) is 3.00. The largest absolute Gasteiger partial charge is 0.433 e. The maximum Gasteiger partial charge on any atom is 0.433 e. The number of hydrogen-bond acceptors (Lipinski definition) is 3. The molecule has 0 radical (unpaired) electrons. The predicted molar refractivity (Wildman–Crippen MR) is 74.8 cm³/mol. The van der Waals surface area contributed by atoms with Crippen molar-refractivity contribution in [3.63, 3.8) is 0 Å². The molecule has 0 spiro atoms. The maximum atomic E-state index is 12.8. The normalized spacial score (nSPS) is 11.8. The highest BCUT2D eigenvalue weighted by atomic mass is 32.1. The molecule has 3 heterocycles. The van der Waals surface area contributed by atoms with Gasteiger partial charge in [-0.05, 0) is 29.6 Å².